The minimum absolute atomic E-state index is 0.243. The van der Waals surface area contributed by atoms with Gasteiger partial charge < -0.3 is 14.8 Å². The monoisotopic (exact) mass is 223 g/mol. The van der Waals surface area contributed by atoms with Crippen LogP contribution in [0.5, 0.6) is 5.75 Å². The number of ether oxygens (including phenoxy) is 2. The van der Waals surface area contributed by atoms with E-state index < -0.39 is 6.09 Å². The predicted molar refractivity (Wildman–Crippen MR) is 61.8 cm³/mol. The molecule has 0 spiro atoms. The highest BCUT2D eigenvalue weighted by Crippen LogP contribution is 2.16. The van der Waals surface area contributed by atoms with Gasteiger partial charge in [0.15, 0.2) is 0 Å². The fourth-order valence-electron chi connectivity index (χ4n) is 1.17. The van der Waals surface area contributed by atoms with E-state index in [1.165, 1.54) is 18.2 Å². The van der Waals surface area contributed by atoms with Crippen LogP contribution in [0, 0.1) is 13.8 Å². The second-order valence-electron chi connectivity index (χ2n) is 3.48. The molecular weight excluding hydrogens is 206 g/mol. The Morgan fingerprint density at radius 2 is 2.00 bits per heavy atom. The van der Waals surface area contributed by atoms with Gasteiger partial charge in [0.25, 0.3) is 0 Å². The summed E-state index contributed by atoms with van der Waals surface area (Å²) in [4.78, 5) is 10.7. The lowest BCUT2D eigenvalue weighted by Gasteiger charge is -2.08. The summed E-state index contributed by atoms with van der Waals surface area (Å²) in [5.74, 6) is 0.795. The summed E-state index contributed by atoms with van der Waals surface area (Å²) < 4.78 is 10.2. The van der Waals surface area contributed by atoms with Crippen molar-refractivity contribution < 1.29 is 14.3 Å². The molecule has 0 aliphatic rings. The molecule has 1 aromatic rings. The standard InChI is InChI=1S/C12H17NO3/c1-9-4-5-11(8-10(9)2)15-6-7-16-12(14)13-3/h4-5,8H,6-7H2,1-3H3,(H,13,14). The maximum absolute atomic E-state index is 10.7. The number of benzene rings is 1. The van der Waals surface area contributed by atoms with Crippen molar-refractivity contribution in [2.75, 3.05) is 20.3 Å². The van der Waals surface area contributed by atoms with Crippen LogP contribution in [0.2, 0.25) is 0 Å². The molecule has 0 aromatic heterocycles. The summed E-state index contributed by atoms with van der Waals surface area (Å²) in [6, 6.07) is 5.88. The van der Waals surface area contributed by atoms with Crippen LogP contribution in [0.1, 0.15) is 11.1 Å². The minimum Gasteiger partial charge on any atom is -0.490 e. The van der Waals surface area contributed by atoms with Gasteiger partial charge in [0.1, 0.15) is 19.0 Å². The minimum atomic E-state index is -0.441. The summed E-state index contributed by atoms with van der Waals surface area (Å²) in [6.45, 7) is 4.68. The van der Waals surface area contributed by atoms with Crippen molar-refractivity contribution in [2.45, 2.75) is 13.8 Å². The molecule has 0 fully saturated rings. The lowest BCUT2D eigenvalue weighted by Crippen LogP contribution is -2.21. The Morgan fingerprint density at radius 3 is 2.62 bits per heavy atom. The number of amides is 1. The number of aryl methyl sites for hydroxylation is 2. The number of alkyl carbamates (subject to hydrolysis) is 1. The molecule has 4 nitrogen and oxygen atoms in total. The molecule has 0 bridgehead atoms. The molecule has 1 aromatic carbocycles. The van der Waals surface area contributed by atoms with E-state index in [9.17, 15) is 4.79 Å². The molecule has 0 heterocycles. The molecule has 0 saturated carbocycles. The van der Waals surface area contributed by atoms with Crippen molar-refractivity contribution in [3.8, 4) is 5.75 Å². The first kappa shape index (κ1) is 12.4. The zero-order valence-corrected chi connectivity index (χ0v) is 9.87. The van der Waals surface area contributed by atoms with Gasteiger partial charge in [0, 0.05) is 7.05 Å². The van der Waals surface area contributed by atoms with Gasteiger partial charge in [-0.1, -0.05) is 6.07 Å². The molecule has 1 amide bonds. The lowest BCUT2D eigenvalue weighted by atomic mass is 10.1. The van der Waals surface area contributed by atoms with E-state index in [0.29, 0.717) is 6.61 Å². The highest BCUT2D eigenvalue weighted by molar-refractivity contribution is 5.66. The molecule has 0 aliphatic heterocycles. The normalized spacial score (nSPS) is 9.69. The summed E-state index contributed by atoms with van der Waals surface area (Å²) in [5.41, 5.74) is 2.42. The Hall–Kier alpha value is -1.71. The SMILES string of the molecule is CNC(=O)OCCOc1ccc(C)c(C)c1. The smallest absolute Gasteiger partial charge is 0.406 e. The number of rotatable bonds is 4. The van der Waals surface area contributed by atoms with Crippen molar-refractivity contribution >= 4 is 6.09 Å². The van der Waals surface area contributed by atoms with Crippen LogP contribution < -0.4 is 10.1 Å². The van der Waals surface area contributed by atoms with Crippen molar-refractivity contribution in [1.82, 2.24) is 5.32 Å². The van der Waals surface area contributed by atoms with E-state index >= 15 is 0 Å². The summed E-state index contributed by atoms with van der Waals surface area (Å²) in [5, 5.41) is 2.36. The Morgan fingerprint density at radius 1 is 1.25 bits per heavy atom. The van der Waals surface area contributed by atoms with Gasteiger partial charge in [-0.3, -0.25) is 0 Å². The third-order valence-electron chi connectivity index (χ3n) is 2.27. The molecule has 0 aliphatic carbocycles. The number of carbonyl (C=O) groups excluding carboxylic acids is 1. The molecule has 0 unspecified atom stereocenters. The molecule has 4 heteroatoms. The number of carbonyl (C=O) groups is 1. The average molecular weight is 223 g/mol. The highest BCUT2D eigenvalue weighted by Gasteiger charge is 1.99. The third-order valence-corrected chi connectivity index (χ3v) is 2.27. The molecule has 16 heavy (non-hydrogen) atoms. The van der Waals surface area contributed by atoms with Crippen molar-refractivity contribution in [3.05, 3.63) is 29.3 Å². The Balaban J connectivity index is 2.32. The third kappa shape index (κ3) is 3.81. The average Bonchev–Trinajstić information content (AvgIpc) is 2.28. The fourth-order valence-corrected chi connectivity index (χ4v) is 1.17. The summed E-state index contributed by atoms with van der Waals surface area (Å²) >= 11 is 0. The van der Waals surface area contributed by atoms with E-state index in [0.717, 1.165) is 5.75 Å². The van der Waals surface area contributed by atoms with E-state index in [-0.39, 0.29) is 6.61 Å². The molecule has 1 N–H and O–H groups in total. The van der Waals surface area contributed by atoms with Crippen molar-refractivity contribution in [1.29, 1.82) is 0 Å². The molecule has 0 atom stereocenters. The van der Waals surface area contributed by atoms with Crippen LogP contribution >= 0.6 is 0 Å². The number of hydrogen-bond donors (Lipinski definition) is 1. The van der Waals surface area contributed by atoms with Crippen LogP contribution in [-0.4, -0.2) is 26.4 Å². The van der Waals surface area contributed by atoms with Crippen LogP contribution in [0.3, 0.4) is 0 Å². The van der Waals surface area contributed by atoms with Gasteiger partial charge in [-0.2, -0.15) is 0 Å². The zero-order chi connectivity index (χ0) is 12.0. The highest BCUT2D eigenvalue weighted by atomic mass is 16.6. The molecule has 88 valence electrons. The molecule has 0 radical (unpaired) electrons. The second-order valence-corrected chi connectivity index (χ2v) is 3.48. The Labute approximate surface area is 95.6 Å². The molecule has 0 saturated heterocycles. The quantitative estimate of drug-likeness (QED) is 0.794. The van der Waals surface area contributed by atoms with E-state index in [1.54, 1.807) is 0 Å². The van der Waals surface area contributed by atoms with Gasteiger partial charge >= 0.3 is 6.09 Å². The summed E-state index contributed by atoms with van der Waals surface area (Å²) in [6.07, 6.45) is -0.441. The largest absolute Gasteiger partial charge is 0.490 e. The summed E-state index contributed by atoms with van der Waals surface area (Å²) in [7, 11) is 1.52. The Bertz CT molecular complexity index is 363. The fraction of sp³-hybridized carbons (Fsp3) is 0.417. The Kier molecular flexibility index (Phi) is 4.64. The van der Waals surface area contributed by atoms with Crippen LogP contribution in [0.4, 0.5) is 4.79 Å². The van der Waals surface area contributed by atoms with Gasteiger partial charge in [-0.05, 0) is 37.1 Å². The second kappa shape index (κ2) is 6.00. The van der Waals surface area contributed by atoms with Crippen molar-refractivity contribution in [2.24, 2.45) is 0 Å². The molecular formula is C12H17NO3. The first-order valence-electron chi connectivity index (χ1n) is 5.18. The van der Waals surface area contributed by atoms with Crippen LogP contribution in [0.25, 0.3) is 0 Å². The van der Waals surface area contributed by atoms with Gasteiger partial charge in [-0.25, -0.2) is 4.79 Å². The first-order chi connectivity index (χ1) is 7.63. The van der Waals surface area contributed by atoms with Gasteiger partial charge in [-0.15, -0.1) is 0 Å². The number of nitrogens with one attached hydrogen (secondary N) is 1. The van der Waals surface area contributed by atoms with E-state index in [4.69, 9.17) is 9.47 Å². The predicted octanol–water partition coefficient (Wildman–Crippen LogP) is 2.04. The molecule has 1 rings (SSSR count). The van der Waals surface area contributed by atoms with E-state index in [2.05, 4.69) is 5.32 Å². The first-order valence-corrected chi connectivity index (χ1v) is 5.18. The van der Waals surface area contributed by atoms with Gasteiger partial charge in [0.2, 0.25) is 0 Å². The topological polar surface area (TPSA) is 47.6 Å². The number of hydrogen-bond acceptors (Lipinski definition) is 3. The zero-order valence-electron chi connectivity index (χ0n) is 9.87. The lowest BCUT2D eigenvalue weighted by molar-refractivity contribution is 0.127. The van der Waals surface area contributed by atoms with Crippen molar-refractivity contribution in [3.63, 3.8) is 0 Å². The van der Waals surface area contributed by atoms with Gasteiger partial charge in [0.05, 0.1) is 0 Å². The van der Waals surface area contributed by atoms with E-state index in [1.807, 2.05) is 32.0 Å². The maximum atomic E-state index is 10.7. The van der Waals surface area contributed by atoms with Crippen LogP contribution in [0.15, 0.2) is 18.2 Å². The maximum Gasteiger partial charge on any atom is 0.406 e. The van der Waals surface area contributed by atoms with Crippen LogP contribution in [-0.2, 0) is 4.74 Å².